The predicted octanol–water partition coefficient (Wildman–Crippen LogP) is 1.42. The summed E-state index contributed by atoms with van der Waals surface area (Å²) in [5, 5.41) is 12.5. The van der Waals surface area contributed by atoms with E-state index >= 15 is 0 Å². The van der Waals surface area contributed by atoms with Gasteiger partial charge in [-0.15, -0.1) is 0 Å². The Bertz CT molecular complexity index is 408. The number of oxime groups is 1. The summed E-state index contributed by atoms with van der Waals surface area (Å²) < 4.78 is 0. The van der Waals surface area contributed by atoms with E-state index in [0.29, 0.717) is 12.2 Å². The number of nitrogens with zero attached hydrogens (tertiary/aromatic N) is 1. The summed E-state index contributed by atoms with van der Waals surface area (Å²) in [5.41, 5.74) is 7.10. The smallest absolute Gasteiger partial charge is 0.320 e. The summed E-state index contributed by atoms with van der Waals surface area (Å²) in [6, 6.07) is 6.14. The molecule has 1 rings (SSSR count). The van der Waals surface area contributed by atoms with Crippen LogP contribution in [0.25, 0.3) is 0 Å². The molecule has 0 fully saturated rings. The minimum absolute atomic E-state index is 0.297. The van der Waals surface area contributed by atoms with Crippen LogP contribution in [0.15, 0.2) is 29.4 Å². The molecule has 0 spiro atoms. The summed E-state index contributed by atoms with van der Waals surface area (Å²) >= 11 is 0. The third-order valence-electron chi connectivity index (χ3n) is 2.03. The van der Waals surface area contributed by atoms with Gasteiger partial charge in [0.1, 0.15) is 6.04 Å². The molecule has 0 aliphatic carbocycles. The Morgan fingerprint density at radius 1 is 1.41 bits per heavy atom. The summed E-state index contributed by atoms with van der Waals surface area (Å²) in [6.45, 7) is 3.67. The van der Waals surface area contributed by atoms with Gasteiger partial charge >= 0.3 is 5.97 Å². The molecule has 0 aromatic heterocycles. The van der Waals surface area contributed by atoms with E-state index in [1.165, 1.54) is 0 Å². The van der Waals surface area contributed by atoms with Crippen molar-refractivity contribution in [2.45, 2.75) is 26.3 Å². The van der Waals surface area contributed by atoms with E-state index in [1.807, 2.05) is 13.8 Å². The molecule has 0 heterocycles. The largest absolute Gasteiger partial charge is 0.480 e. The van der Waals surface area contributed by atoms with Gasteiger partial charge in [0.05, 0.1) is 5.71 Å². The van der Waals surface area contributed by atoms with Gasteiger partial charge < -0.3 is 15.7 Å². The van der Waals surface area contributed by atoms with Crippen LogP contribution in [-0.2, 0) is 11.2 Å². The highest BCUT2D eigenvalue weighted by atomic mass is 16.6. The van der Waals surface area contributed by atoms with Gasteiger partial charge in [-0.25, -0.2) is 0 Å². The minimum Gasteiger partial charge on any atom is -0.480 e. The number of nitrogens with two attached hydrogens (primary N) is 1. The van der Waals surface area contributed by atoms with E-state index in [0.717, 1.165) is 11.3 Å². The van der Waals surface area contributed by atoms with Crippen LogP contribution in [0.5, 0.6) is 5.75 Å². The number of hydrogen-bond donors (Lipinski definition) is 2. The van der Waals surface area contributed by atoms with Gasteiger partial charge in [-0.05, 0) is 38.0 Å². The van der Waals surface area contributed by atoms with Crippen molar-refractivity contribution in [3.63, 3.8) is 0 Å². The van der Waals surface area contributed by atoms with E-state index in [2.05, 4.69) is 5.16 Å². The second kappa shape index (κ2) is 6.00. The Labute approximate surface area is 99.9 Å². The number of rotatable bonds is 5. The first-order chi connectivity index (χ1) is 7.99. The highest BCUT2D eigenvalue weighted by Crippen LogP contribution is 2.13. The molecule has 1 aromatic rings. The van der Waals surface area contributed by atoms with Crippen LogP contribution in [0.1, 0.15) is 19.4 Å². The number of carboxylic acids is 1. The number of hydrogen-bond acceptors (Lipinski definition) is 4. The van der Waals surface area contributed by atoms with Gasteiger partial charge in [-0.2, -0.15) is 0 Å². The van der Waals surface area contributed by atoms with E-state index in [1.54, 1.807) is 24.3 Å². The Hall–Kier alpha value is -1.88. The van der Waals surface area contributed by atoms with Gasteiger partial charge in [-0.1, -0.05) is 17.3 Å². The van der Waals surface area contributed by atoms with Crippen molar-refractivity contribution in [2.24, 2.45) is 10.9 Å². The van der Waals surface area contributed by atoms with Crippen molar-refractivity contribution in [3.8, 4) is 5.75 Å². The second-order valence-electron chi connectivity index (χ2n) is 3.92. The molecule has 5 heteroatoms. The lowest BCUT2D eigenvalue weighted by molar-refractivity contribution is -0.138. The molecule has 1 atom stereocenters. The number of carbonyl (C=O) groups is 1. The Morgan fingerprint density at radius 3 is 2.47 bits per heavy atom. The summed E-state index contributed by atoms with van der Waals surface area (Å²) in [4.78, 5) is 15.7. The fourth-order valence-electron chi connectivity index (χ4n) is 1.17. The zero-order chi connectivity index (χ0) is 12.8. The van der Waals surface area contributed by atoms with Crippen LogP contribution in [0, 0.1) is 0 Å². The third kappa shape index (κ3) is 4.65. The normalized spacial score (nSPS) is 11.7. The molecule has 1 unspecified atom stereocenters. The highest BCUT2D eigenvalue weighted by Gasteiger charge is 2.11. The van der Waals surface area contributed by atoms with Crippen molar-refractivity contribution in [1.82, 2.24) is 0 Å². The second-order valence-corrected chi connectivity index (χ2v) is 3.92. The number of carboxylic acid groups (broad SMARTS) is 1. The average molecular weight is 236 g/mol. The fourth-order valence-corrected chi connectivity index (χ4v) is 1.17. The SMILES string of the molecule is CC(C)=NOc1ccc(CC(N)C(=O)O)cc1. The monoisotopic (exact) mass is 236 g/mol. The van der Waals surface area contributed by atoms with E-state index < -0.39 is 12.0 Å². The molecule has 0 aliphatic heterocycles. The van der Waals surface area contributed by atoms with Crippen LogP contribution < -0.4 is 10.6 Å². The summed E-state index contributed by atoms with van der Waals surface area (Å²) in [5.74, 6) is -0.393. The molecule has 0 saturated carbocycles. The molecule has 0 saturated heterocycles. The summed E-state index contributed by atoms with van der Waals surface area (Å²) in [6.07, 6.45) is 0.297. The number of benzene rings is 1. The van der Waals surface area contributed by atoms with Gasteiger partial charge in [0.25, 0.3) is 0 Å². The van der Waals surface area contributed by atoms with Crippen molar-refractivity contribution in [3.05, 3.63) is 29.8 Å². The van der Waals surface area contributed by atoms with Crippen LogP contribution >= 0.6 is 0 Å². The van der Waals surface area contributed by atoms with Crippen molar-refractivity contribution >= 4 is 11.7 Å². The maximum Gasteiger partial charge on any atom is 0.320 e. The van der Waals surface area contributed by atoms with E-state index in [9.17, 15) is 4.79 Å². The number of aliphatic carboxylic acids is 1. The maximum atomic E-state index is 10.6. The van der Waals surface area contributed by atoms with Crippen molar-refractivity contribution < 1.29 is 14.7 Å². The Kier molecular flexibility index (Phi) is 4.66. The topological polar surface area (TPSA) is 84.9 Å². The lowest BCUT2D eigenvalue weighted by Crippen LogP contribution is -2.32. The molecular weight excluding hydrogens is 220 g/mol. The average Bonchev–Trinajstić information content (AvgIpc) is 2.28. The van der Waals surface area contributed by atoms with Crippen molar-refractivity contribution in [1.29, 1.82) is 0 Å². The van der Waals surface area contributed by atoms with Gasteiger partial charge in [0.15, 0.2) is 5.75 Å². The summed E-state index contributed by atoms with van der Waals surface area (Å²) in [7, 11) is 0. The maximum absolute atomic E-state index is 10.6. The predicted molar refractivity (Wildman–Crippen MR) is 65.2 cm³/mol. The molecule has 1 aromatic carbocycles. The lowest BCUT2D eigenvalue weighted by atomic mass is 10.1. The van der Waals surface area contributed by atoms with Crippen LogP contribution in [0.4, 0.5) is 0 Å². The van der Waals surface area contributed by atoms with Crippen molar-refractivity contribution in [2.75, 3.05) is 0 Å². The zero-order valence-electron chi connectivity index (χ0n) is 9.88. The van der Waals surface area contributed by atoms with Crippen LogP contribution in [-0.4, -0.2) is 22.8 Å². The molecular formula is C12H16N2O3. The van der Waals surface area contributed by atoms with Crippen LogP contribution in [0.3, 0.4) is 0 Å². The molecule has 0 radical (unpaired) electrons. The molecule has 0 aliphatic rings. The standard InChI is InChI=1S/C12H16N2O3/c1-8(2)14-17-10-5-3-9(4-6-10)7-11(13)12(15)16/h3-6,11H,7,13H2,1-2H3,(H,15,16). The highest BCUT2D eigenvalue weighted by molar-refractivity contribution is 5.78. The molecule has 0 bridgehead atoms. The first kappa shape index (κ1) is 13.2. The zero-order valence-corrected chi connectivity index (χ0v) is 9.88. The van der Waals surface area contributed by atoms with Crippen LogP contribution in [0.2, 0.25) is 0 Å². The Morgan fingerprint density at radius 2 is 2.00 bits per heavy atom. The quantitative estimate of drug-likeness (QED) is 0.598. The van der Waals surface area contributed by atoms with E-state index in [4.69, 9.17) is 15.7 Å². The first-order valence-corrected chi connectivity index (χ1v) is 5.24. The van der Waals surface area contributed by atoms with Gasteiger partial charge in [0.2, 0.25) is 0 Å². The molecule has 3 N–H and O–H groups in total. The van der Waals surface area contributed by atoms with E-state index in [-0.39, 0.29) is 0 Å². The molecule has 0 amide bonds. The molecule has 5 nitrogen and oxygen atoms in total. The molecule has 92 valence electrons. The third-order valence-corrected chi connectivity index (χ3v) is 2.03. The fraction of sp³-hybridized carbons (Fsp3) is 0.333. The first-order valence-electron chi connectivity index (χ1n) is 5.24. The lowest BCUT2D eigenvalue weighted by Gasteiger charge is -2.06. The minimum atomic E-state index is -1.00. The molecule has 17 heavy (non-hydrogen) atoms. The van der Waals surface area contributed by atoms with Gasteiger partial charge in [0, 0.05) is 0 Å². The Balaban J connectivity index is 2.62. The van der Waals surface area contributed by atoms with Gasteiger partial charge in [-0.3, -0.25) is 4.79 Å².